The van der Waals surface area contributed by atoms with Crippen molar-refractivity contribution in [2.45, 2.75) is 24.6 Å². The largest absolute Gasteiger partial charge is 0.301 e. The van der Waals surface area contributed by atoms with Crippen LogP contribution in [0.1, 0.15) is 19.8 Å². The number of alkyl halides is 1. The first-order valence-electron chi connectivity index (χ1n) is 5.71. The quantitative estimate of drug-likeness (QED) is 0.743. The predicted octanol–water partition coefficient (Wildman–Crippen LogP) is 4.70. The number of hydrogen-bond donors (Lipinski definition) is 1. The predicted molar refractivity (Wildman–Crippen MR) is 83.5 cm³/mol. The van der Waals surface area contributed by atoms with E-state index in [1.54, 1.807) is 6.07 Å². The van der Waals surface area contributed by atoms with E-state index >= 15 is 0 Å². The Labute approximate surface area is 130 Å². The average molecular weight is 410 g/mol. The molecule has 0 fully saturated rings. The van der Waals surface area contributed by atoms with Crippen LogP contribution in [0.2, 0.25) is 0 Å². The van der Waals surface area contributed by atoms with Gasteiger partial charge in [-0.15, -0.1) is 0 Å². The highest BCUT2D eigenvalue weighted by Crippen LogP contribution is 2.31. The number of aromatic nitrogens is 1. The lowest BCUT2D eigenvalue weighted by Crippen LogP contribution is -2.22. The Morgan fingerprint density at radius 2 is 2.32 bits per heavy atom. The van der Waals surface area contributed by atoms with Crippen molar-refractivity contribution >= 4 is 64.5 Å². The molecule has 102 valence electrons. The Balaban J connectivity index is 2.22. The minimum absolute atomic E-state index is 0.152. The minimum Gasteiger partial charge on any atom is -0.301 e. The molecule has 1 aromatic heterocycles. The van der Waals surface area contributed by atoms with Crippen LogP contribution in [0.3, 0.4) is 0 Å². The summed E-state index contributed by atoms with van der Waals surface area (Å²) < 4.78 is 15.0. The molecule has 0 spiro atoms. The van der Waals surface area contributed by atoms with Gasteiger partial charge in [0, 0.05) is 4.47 Å². The number of halogens is 3. The summed E-state index contributed by atoms with van der Waals surface area (Å²) in [5.74, 6) is -0.551. The Kier molecular flexibility index (Phi) is 4.92. The third kappa shape index (κ3) is 3.52. The molecule has 19 heavy (non-hydrogen) atoms. The second-order valence-corrected chi connectivity index (χ2v) is 7.05. The molecule has 7 heteroatoms. The second kappa shape index (κ2) is 6.28. The lowest BCUT2D eigenvalue weighted by Gasteiger charge is -2.06. The van der Waals surface area contributed by atoms with Crippen LogP contribution in [0.4, 0.5) is 9.52 Å². The van der Waals surface area contributed by atoms with Crippen LogP contribution in [0.25, 0.3) is 10.2 Å². The number of rotatable bonds is 4. The van der Waals surface area contributed by atoms with Crippen LogP contribution in [-0.2, 0) is 4.79 Å². The van der Waals surface area contributed by atoms with Gasteiger partial charge < -0.3 is 5.32 Å². The van der Waals surface area contributed by atoms with Crippen LogP contribution < -0.4 is 5.32 Å². The van der Waals surface area contributed by atoms with E-state index in [9.17, 15) is 9.18 Å². The van der Waals surface area contributed by atoms with Gasteiger partial charge in [0.2, 0.25) is 5.91 Å². The van der Waals surface area contributed by atoms with Gasteiger partial charge >= 0.3 is 0 Å². The summed E-state index contributed by atoms with van der Waals surface area (Å²) in [5, 5.41) is 3.12. The van der Waals surface area contributed by atoms with Crippen LogP contribution >= 0.6 is 43.2 Å². The SMILES string of the molecule is CCCC(Br)C(=O)Nc1nc2c(F)cc(Br)cc2s1. The Bertz CT molecular complexity index is 617. The van der Waals surface area contributed by atoms with E-state index in [0.717, 1.165) is 12.8 Å². The molecule has 1 atom stereocenters. The Morgan fingerprint density at radius 1 is 1.58 bits per heavy atom. The number of amides is 1. The lowest BCUT2D eigenvalue weighted by atomic mass is 10.2. The summed E-state index contributed by atoms with van der Waals surface area (Å²) >= 11 is 7.80. The zero-order valence-electron chi connectivity index (χ0n) is 10.0. The van der Waals surface area contributed by atoms with Crippen molar-refractivity contribution in [2.24, 2.45) is 0 Å². The topological polar surface area (TPSA) is 42.0 Å². The van der Waals surface area contributed by atoms with Crippen LogP contribution in [0, 0.1) is 5.82 Å². The zero-order valence-corrected chi connectivity index (χ0v) is 14.0. The van der Waals surface area contributed by atoms with Gasteiger partial charge in [-0.2, -0.15) is 0 Å². The molecule has 1 aromatic carbocycles. The molecule has 0 saturated heterocycles. The number of nitrogens with zero attached hydrogens (tertiary/aromatic N) is 1. The fourth-order valence-corrected chi connectivity index (χ4v) is 3.66. The first-order chi connectivity index (χ1) is 9.01. The molecular formula is C12H11Br2FN2OS. The number of thiazole rings is 1. The van der Waals surface area contributed by atoms with Crippen molar-refractivity contribution < 1.29 is 9.18 Å². The molecule has 2 rings (SSSR count). The van der Waals surface area contributed by atoms with Crippen molar-refractivity contribution in [3.8, 4) is 0 Å². The molecule has 0 saturated carbocycles. The first kappa shape index (κ1) is 14.9. The maximum atomic E-state index is 13.7. The van der Waals surface area contributed by atoms with E-state index in [1.165, 1.54) is 17.4 Å². The molecule has 1 N–H and O–H groups in total. The highest BCUT2D eigenvalue weighted by atomic mass is 79.9. The molecule has 0 radical (unpaired) electrons. The summed E-state index contributed by atoms with van der Waals surface area (Å²) in [6.07, 6.45) is 1.65. The fraction of sp³-hybridized carbons (Fsp3) is 0.333. The van der Waals surface area contributed by atoms with Gasteiger partial charge in [-0.25, -0.2) is 9.37 Å². The summed E-state index contributed by atoms with van der Waals surface area (Å²) in [5.41, 5.74) is 0.283. The molecular weight excluding hydrogens is 399 g/mol. The second-order valence-electron chi connectivity index (χ2n) is 4.00. The van der Waals surface area contributed by atoms with Gasteiger partial charge in [0.1, 0.15) is 5.52 Å². The lowest BCUT2D eigenvalue weighted by molar-refractivity contribution is -0.115. The van der Waals surface area contributed by atoms with Gasteiger partial charge in [-0.05, 0) is 18.6 Å². The number of anilines is 1. The molecule has 1 unspecified atom stereocenters. The smallest absolute Gasteiger partial charge is 0.239 e. The number of carbonyl (C=O) groups is 1. The van der Waals surface area contributed by atoms with E-state index < -0.39 is 5.82 Å². The van der Waals surface area contributed by atoms with Gasteiger partial charge in [0.15, 0.2) is 10.9 Å². The highest BCUT2D eigenvalue weighted by Gasteiger charge is 2.16. The number of nitrogens with one attached hydrogen (secondary N) is 1. The summed E-state index contributed by atoms with van der Waals surface area (Å²) in [6.45, 7) is 2.01. The van der Waals surface area contributed by atoms with Crippen molar-refractivity contribution in [2.75, 3.05) is 5.32 Å². The Hall–Kier alpha value is -0.530. The van der Waals surface area contributed by atoms with Crippen molar-refractivity contribution in [3.05, 3.63) is 22.4 Å². The third-order valence-corrected chi connectivity index (χ3v) is 4.72. The van der Waals surface area contributed by atoms with Crippen LogP contribution in [0.5, 0.6) is 0 Å². The number of carbonyl (C=O) groups excluding carboxylic acids is 1. The highest BCUT2D eigenvalue weighted by molar-refractivity contribution is 9.10. The summed E-state index contributed by atoms with van der Waals surface area (Å²) in [4.78, 5) is 15.7. The maximum absolute atomic E-state index is 13.7. The molecule has 3 nitrogen and oxygen atoms in total. The fourth-order valence-electron chi connectivity index (χ4n) is 1.58. The molecule has 1 heterocycles. The van der Waals surface area contributed by atoms with E-state index in [1.807, 2.05) is 6.92 Å². The maximum Gasteiger partial charge on any atom is 0.239 e. The monoisotopic (exact) mass is 408 g/mol. The number of benzene rings is 1. The van der Waals surface area contributed by atoms with Crippen molar-refractivity contribution in [3.63, 3.8) is 0 Å². The number of fused-ring (bicyclic) bond motifs is 1. The van der Waals surface area contributed by atoms with Crippen LogP contribution in [-0.4, -0.2) is 15.7 Å². The molecule has 0 aliphatic heterocycles. The van der Waals surface area contributed by atoms with Crippen LogP contribution in [0.15, 0.2) is 16.6 Å². The molecule has 0 aliphatic carbocycles. The van der Waals surface area contributed by atoms with E-state index in [0.29, 0.717) is 14.3 Å². The summed E-state index contributed by atoms with van der Waals surface area (Å²) in [7, 11) is 0. The van der Waals surface area contributed by atoms with E-state index in [-0.39, 0.29) is 16.3 Å². The van der Waals surface area contributed by atoms with Gasteiger partial charge in [0.25, 0.3) is 0 Å². The van der Waals surface area contributed by atoms with Crippen molar-refractivity contribution in [1.29, 1.82) is 0 Å². The first-order valence-corrected chi connectivity index (χ1v) is 8.24. The molecule has 1 amide bonds. The third-order valence-electron chi connectivity index (χ3n) is 2.47. The molecule has 2 aromatic rings. The van der Waals surface area contributed by atoms with Gasteiger partial charge in [-0.3, -0.25) is 4.79 Å². The number of hydrogen-bond acceptors (Lipinski definition) is 3. The van der Waals surface area contributed by atoms with Gasteiger partial charge in [0.05, 0.1) is 9.53 Å². The standard InChI is InChI=1S/C12H11Br2FN2OS/c1-2-3-7(14)11(18)17-12-16-10-8(15)4-6(13)5-9(10)19-12/h4-5,7H,2-3H2,1H3,(H,16,17,18). The average Bonchev–Trinajstić information content (AvgIpc) is 2.72. The summed E-state index contributed by atoms with van der Waals surface area (Å²) in [6, 6.07) is 3.14. The van der Waals surface area contributed by atoms with Gasteiger partial charge in [-0.1, -0.05) is 56.5 Å². The minimum atomic E-state index is -0.398. The normalized spacial score (nSPS) is 12.6. The van der Waals surface area contributed by atoms with E-state index in [4.69, 9.17) is 0 Å². The molecule has 0 aliphatic rings. The van der Waals surface area contributed by atoms with E-state index in [2.05, 4.69) is 42.2 Å². The molecule has 0 bridgehead atoms. The Morgan fingerprint density at radius 3 is 3.00 bits per heavy atom. The zero-order chi connectivity index (χ0) is 14.0. The van der Waals surface area contributed by atoms with Crippen molar-refractivity contribution in [1.82, 2.24) is 4.98 Å².